The van der Waals surface area contributed by atoms with Crippen molar-refractivity contribution >= 4 is 5.97 Å². The summed E-state index contributed by atoms with van der Waals surface area (Å²) in [7, 11) is 0. The number of carbonyl (C=O) groups excluding carboxylic acids is 1. The molecule has 0 aliphatic heterocycles. The van der Waals surface area contributed by atoms with Gasteiger partial charge in [-0.2, -0.15) is 0 Å². The lowest BCUT2D eigenvalue weighted by Crippen LogP contribution is -2.06. The van der Waals surface area contributed by atoms with Gasteiger partial charge >= 0.3 is 5.97 Å². The standard InChI is InChI=1S/C12H16N2O2/c1-5-6-14-8-13-11(10(14)4)7-16-12(15)9(2)3/h5,8H,1-2,6-7H2,3-4H3. The van der Waals surface area contributed by atoms with Gasteiger partial charge in [0.15, 0.2) is 0 Å². The van der Waals surface area contributed by atoms with E-state index in [1.165, 1.54) is 0 Å². The molecule has 1 aromatic heterocycles. The number of hydrogen-bond acceptors (Lipinski definition) is 3. The molecule has 4 heteroatoms. The van der Waals surface area contributed by atoms with Gasteiger partial charge in [-0.25, -0.2) is 9.78 Å². The molecule has 0 radical (unpaired) electrons. The number of hydrogen-bond donors (Lipinski definition) is 0. The first-order valence-corrected chi connectivity index (χ1v) is 5.00. The fraction of sp³-hybridized carbons (Fsp3) is 0.333. The van der Waals surface area contributed by atoms with Gasteiger partial charge in [0.25, 0.3) is 0 Å². The highest BCUT2D eigenvalue weighted by Gasteiger charge is 2.09. The fourth-order valence-corrected chi connectivity index (χ4v) is 1.21. The predicted octanol–water partition coefficient (Wildman–Crippen LogP) is 2.00. The molecule has 0 saturated heterocycles. The first kappa shape index (κ1) is 12.2. The lowest BCUT2D eigenvalue weighted by molar-refractivity contribution is -0.140. The molecule has 86 valence electrons. The molecule has 0 aliphatic rings. The topological polar surface area (TPSA) is 44.1 Å². The van der Waals surface area contributed by atoms with E-state index in [-0.39, 0.29) is 6.61 Å². The Morgan fingerprint density at radius 1 is 1.69 bits per heavy atom. The van der Waals surface area contributed by atoms with Gasteiger partial charge in [-0.05, 0) is 13.8 Å². The number of nitrogens with zero attached hydrogens (tertiary/aromatic N) is 2. The summed E-state index contributed by atoms with van der Waals surface area (Å²) in [6.45, 7) is 11.6. The van der Waals surface area contributed by atoms with Crippen molar-refractivity contribution in [3.63, 3.8) is 0 Å². The minimum absolute atomic E-state index is 0.182. The number of esters is 1. The zero-order valence-corrected chi connectivity index (χ0v) is 9.69. The number of rotatable bonds is 5. The third kappa shape index (κ3) is 2.82. The molecule has 0 unspecified atom stereocenters. The maximum absolute atomic E-state index is 11.2. The van der Waals surface area contributed by atoms with E-state index in [1.54, 1.807) is 19.3 Å². The van der Waals surface area contributed by atoms with Crippen LogP contribution in [0.5, 0.6) is 0 Å². The normalized spacial score (nSPS) is 9.88. The summed E-state index contributed by atoms with van der Waals surface area (Å²) in [6, 6.07) is 0. The Morgan fingerprint density at radius 3 is 2.94 bits per heavy atom. The van der Waals surface area contributed by atoms with Crippen molar-refractivity contribution in [2.75, 3.05) is 0 Å². The molecule has 1 heterocycles. The Bertz CT molecular complexity index is 419. The minimum atomic E-state index is -0.391. The van der Waals surface area contributed by atoms with E-state index in [1.807, 2.05) is 11.5 Å². The highest BCUT2D eigenvalue weighted by Crippen LogP contribution is 2.08. The summed E-state index contributed by atoms with van der Waals surface area (Å²) in [6.07, 6.45) is 3.50. The maximum Gasteiger partial charge on any atom is 0.333 e. The van der Waals surface area contributed by atoms with E-state index >= 15 is 0 Å². The Labute approximate surface area is 95.3 Å². The third-order valence-electron chi connectivity index (χ3n) is 2.22. The van der Waals surface area contributed by atoms with Crippen LogP contribution in [0, 0.1) is 6.92 Å². The fourth-order valence-electron chi connectivity index (χ4n) is 1.21. The number of imidazole rings is 1. The van der Waals surface area contributed by atoms with Crippen molar-refractivity contribution in [3.05, 3.63) is 42.5 Å². The lowest BCUT2D eigenvalue weighted by Gasteiger charge is -2.04. The van der Waals surface area contributed by atoms with Crippen molar-refractivity contribution < 1.29 is 9.53 Å². The molecule has 0 amide bonds. The van der Waals surface area contributed by atoms with Crippen molar-refractivity contribution in [3.8, 4) is 0 Å². The Morgan fingerprint density at radius 2 is 2.38 bits per heavy atom. The zero-order valence-electron chi connectivity index (χ0n) is 9.69. The summed E-state index contributed by atoms with van der Waals surface area (Å²) in [5, 5.41) is 0. The minimum Gasteiger partial charge on any atom is -0.456 e. The molecule has 4 nitrogen and oxygen atoms in total. The molecule has 0 N–H and O–H groups in total. The molecule has 1 rings (SSSR count). The van der Waals surface area contributed by atoms with E-state index in [0.717, 1.165) is 11.4 Å². The van der Waals surface area contributed by atoms with Gasteiger partial charge in [0.2, 0.25) is 0 Å². The summed E-state index contributed by atoms with van der Waals surface area (Å²) < 4.78 is 6.96. The maximum atomic E-state index is 11.2. The largest absolute Gasteiger partial charge is 0.456 e. The molecule has 0 saturated carbocycles. The summed E-state index contributed by atoms with van der Waals surface area (Å²) >= 11 is 0. The average Bonchev–Trinajstić information content (AvgIpc) is 2.58. The summed E-state index contributed by atoms with van der Waals surface area (Å²) in [5.74, 6) is -0.391. The van der Waals surface area contributed by atoms with Crippen molar-refractivity contribution in [2.24, 2.45) is 0 Å². The first-order chi connectivity index (χ1) is 7.56. The molecule has 0 atom stereocenters. The van der Waals surface area contributed by atoms with Crippen LogP contribution in [-0.4, -0.2) is 15.5 Å². The number of aromatic nitrogens is 2. The third-order valence-corrected chi connectivity index (χ3v) is 2.22. The van der Waals surface area contributed by atoms with Crippen LogP contribution in [0.3, 0.4) is 0 Å². The SMILES string of the molecule is C=CCn1cnc(COC(=O)C(=C)C)c1C. The summed E-state index contributed by atoms with van der Waals surface area (Å²) in [5.41, 5.74) is 2.13. The van der Waals surface area contributed by atoms with Gasteiger partial charge in [0.05, 0.1) is 12.0 Å². The molecule has 0 spiro atoms. The predicted molar refractivity (Wildman–Crippen MR) is 61.8 cm³/mol. The average molecular weight is 220 g/mol. The Hall–Kier alpha value is -1.84. The molecular weight excluding hydrogens is 204 g/mol. The molecule has 0 aromatic carbocycles. The van der Waals surface area contributed by atoms with Crippen LogP contribution in [0.4, 0.5) is 0 Å². The van der Waals surface area contributed by atoms with Gasteiger partial charge in [-0.15, -0.1) is 6.58 Å². The van der Waals surface area contributed by atoms with Crippen LogP contribution in [0.25, 0.3) is 0 Å². The zero-order chi connectivity index (χ0) is 12.1. The van der Waals surface area contributed by atoms with Crippen molar-refractivity contribution in [1.29, 1.82) is 0 Å². The molecule has 1 aromatic rings. The van der Waals surface area contributed by atoms with Gasteiger partial charge < -0.3 is 9.30 Å². The molecule has 16 heavy (non-hydrogen) atoms. The Balaban J connectivity index is 2.64. The second-order valence-electron chi connectivity index (χ2n) is 3.57. The van der Waals surface area contributed by atoms with Gasteiger partial charge in [0, 0.05) is 17.8 Å². The van der Waals surface area contributed by atoms with E-state index in [4.69, 9.17) is 4.74 Å². The highest BCUT2D eigenvalue weighted by atomic mass is 16.5. The molecule has 0 fully saturated rings. The second-order valence-corrected chi connectivity index (χ2v) is 3.57. The van der Waals surface area contributed by atoms with E-state index in [9.17, 15) is 4.79 Å². The quantitative estimate of drug-likeness (QED) is 0.433. The smallest absolute Gasteiger partial charge is 0.333 e. The van der Waals surface area contributed by atoms with Crippen LogP contribution < -0.4 is 0 Å². The van der Waals surface area contributed by atoms with Crippen LogP contribution in [-0.2, 0) is 22.7 Å². The number of carbonyl (C=O) groups is 1. The van der Waals surface area contributed by atoms with E-state index in [0.29, 0.717) is 12.1 Å². The van der Waals surface area contributed by atoms with Crippen LogP contribution in [0.1, 0.15) is 18.3 Å². The second kappa shape index (κ2) is 5.30. The highest BCUT2D eigenvalue weighted by molar-refractivity contribution is 5.86. The molecule has 0 aliphatic carbocycles. The van der Waals surface area contributed by atoms with E-state index < -0.39 is 5.97 Å². The molecule has 0 bridgehead atoms. The van der Waals surface area contributed by atoms with Crippen molar-refractivity contribution in [1.82, 2.24) is 9.55 Å². The Kier molecular flexibility index (Phi) is 4.05. The van der Waals surface area contributed by atoms with E-state index in [2.05, 4.69) is 18.1 Å². The van der Waals surface area contributed by atoms with Crippen molar-refractivity contribution in [2.45, 2.75) is 27.0 Å². The van der Waals surface area contributed by atoms with Gasteiger partial charge in [0.1, 0.15) is 6.61 Å². The van der Waals surface area contributed by atoms with Gasteiger partial charge in [-0.1, -0.05) is 12.7 Å². The van der Waals surface area contributed by atoms with Crippen LogP contribution in [0.2, 0.25) is 0 Å². The molecular formula is C12H16N2O2. The number of ether oxygens (including phenoxy) is 1. The van der Waals surface area contributed by atoms with Crippen LogP contribution >= 0.6 is 0 Å². The van der Waals surface area contributed by atoms with Gasteiger partial charge in [-0.3, -0.25) is 0 Å². The first-order valence-electron chi connectivity index (χ1n) is 5.00. The van der Waals surface area contributed by atoms with Crippen LogP contribution in [0.15, 0.2) is 31.1 Å². The lowest BCUT2D eigenvalue weighted by atomic mass is 10.3. The summed E-state index contributed by atoms with van der Waals surface area (Å²) in [4.78, 5) is 15.4. The number of allylic oxidation sites excluding steroid dienone is 1. The monoisotopic (exact) mass is 220 g/mol.